The number of halogens is 2. The van der Waals surface area contributed by atoms with Crippen LogP contribution >= 0.6 is 15.9 Å². The van der Waals surface area contributed by atoms with Crippen LogP contribution in [0, 0.1) is 11.7 Å². The minimum absolute atomic E-state index is 0.243. The van der Waals surface area contributed by atoms with Gasteiger partial charge in [-0.25, -0.2) is 4.39 Å². The van der Waals surface area contributed by atoms with Gasteiger partial charge in [0.05, 0.1) is 24.3 Å². The maximum absolute atomic E-state index is 13.0. The van der Waals surface area contributed by atoms with Gasteiger partial charge in [-0.05, 0) is 40.0 Å². The Labute approximate surface area is 103 Å². The molecule has 0 spiro atoms. The summed E-state index contributed by atoms with van der Waals surface area (Å²) in [5, 5.41) is 0. The lowest BCUT2D eigenvalue weighted by molar-refractivity contribution is 0.0791. The lowest BCUT2D eigenvalue weighted by Gasteiger charge is -2.09. The average Bonchev–Trinajstić information content (AvgIpc) is 2.76. The van der Waals surface area contributed by atoms with Crippen LogP contribution in [-0.4, -0.2) is 19.8 Å². The molecule has 2 nitrogen and oxygen atoms in total. The molecule has 1 aliphatic rings. The van der Waals surface area contributed by atoms with Crippen molar-refractivity contribution in [2.24, 2.45) is 5.92 Å². The first-order valence-corrected chi connectivity index (χ1v) is 6.14. The van der Waals surface area contributed by atoms with Crippen LogP contribution in [0.4, 0.5) is 4.39 Å². The summed E-state index contributed by atoms with van der Waals surface area (Å²) in [6.45, 7) is 2.88. The zero-order valence-electron chi connectivity index (χ0n) is 8.92. The highest BCUT2D eigenvalue weighted by Gasteiger charge is 2.15. The Kier molecular flexibility index (Phi) is 4.32. The Morgan fingerprint density at radius 2 is 2.38 bits per heavy atom. The Balaban J connectivity index is 1.78. The molecule has 0 amide bonds. The molecule has 0 bridgehead atoms. The second-order valence-electron chi connectivity index (χ2n) is 3.99. The van der Waals surface area contributed by atoms with Gasteiger partial charge < -0.3 is 9.47 Å². The zero-order valence-corrected chi connectivity index (χ0v) is 10.5. The summed E-state index contributed by atoms with van der Waals surface area (Å²) in [6.07, 6.45) is 1.08. The Morgan fingerprint density at radius 1 is 1.50 bits per heavy atom. The van der Waals surface area contributed by atoms with Gasteiger partial charge in [0, 0.05) is 12.5 Å². The van der Waals surface area contributed by atoms with Gasteiger partial charge >= 0.3 is 0 Å². The van der Waals surface area contributed by atoms with E-state index in [0.29, 0.717) is 17.0 Å². The highest BCUT2D eigenvalue weighted by Crippen LogP contribution is 2.18. The lowest BCUT2D eigenvalue weighted by Crippen LogP contribution is -2.09. The number of hydrogen-bond donors (Lipinski definition) is 0. The van der Waals surface area contributed by atoms with Crippen molar-refractivity contribution < 1.29 is 13.9 Å². The summed E-state index contributed by atoms with van der Waals surface area (Å²) >= 11 is 3.15. The molecule has 0 N–H and O–H groups in total. The van der Waals surface area contributed by atoms with E-state index in [1.807, 2.05) is 0 Å². The maximum Gasteiger partial charge on any atom is 0.137 e. The molecule has 0 saturated carbocycles. The first-order valence-electron chi connectivity index (χ1n) is 5.35. The van der Waals surface area contributed by atoms with Gasteiger partial charge in [-0.1, -0.05) is 6.07 Å². The topological polar surface area (TPSA) is 18.5 Å². The SMILES string of the molecule is Fc1ccc(COCC2CCOC2)cc1Br. The van der Waals surface area contributed by atoms with Crippen molar-refractivity contribution in [2.75, 3.05) is 19.8 Å². The quantitative estimate of drug-likeness (QED) is 0.847. The molecule has 16 heavy (non-hydrogen) atoms. The van der Waals surface area contributed by atoms with Crippen LogP contribution in [0.25, 0.3) is 0 Å². The molecule has 1 fully saturated rings. The van der Waals surface area contributed by atoms with E-state index in [4.69, 9.17) is 9.47 Å². The van der Waals surface area contributed by atoms with Gasteiger partial charge in [-0.15, -0.1) is 0 Å². The molecular weight excluding hydrogens is 275 g/mol. The molecular formula is C12H14BrFO2. The largest absolute Gasteiger partial charge is 0.381 e. The summed E-state index contributed by atoms with van der Waals surface area (Å²) in [6, 6.07) is 4.94. The second-order valence-corrected chi connectivity index (χ2v) is 4.85. The van der Waals surface area contributed by atoms with Gasteiger partial charge in [0.1, 0.15) is 5.82 Å². The second kappa shape index (κ2) is 5.75. The third-order valence-electron chi connectivity index (χ3n) is 2.63. The van der Waals surface area contributed by atoms with E-state index in [1.54, 1.807) is 12.1 Å². The minimum Gasteiger partial charge on any atom is -0.381 e. The minimum atomic E-state index is -0.243. The van der Waals surface area contributed by atoms with Gasteiger partial charge in [0.25, 0.3) is 0 Å². The number of hydrogen-bond acceptors (Lipinski definition) is 2. The summed E-state index contributed by atoms with van der Waals surface area (Å²) in [4.78, 5) is 0. The summed E-state index contributed by atoms with van der Waals surface area (Å²) in [5.41, 5.74) is 0.979. The van der Waals surface area contributed by atoms with Crippen molar-refractivity contribution in [1.29, 1.82) is 0 Å². The standard InChI is InChI=1S/C12H14BrFO2/c13-11-5-9(1-2-12(11)14)6-16-8-10-3-4-15-7-10/h1-2,5,10H,3-4,6-8H2. The van der Waals surface area contributed by atoms with Crippen LogP contribution < -0.4 is 0 Å². The van der Waals surface area contributed by atoms with Gasteiger partial charge in [0.2, 0.25) is 0 Å². The molecule has 1 saturated heterocycles. The van der Waals surface area contributed by atoms with E-state index in [1.165, 1.54) is 6.07 Å². The fraction of sp³-hybridized carbons (Fsp3) is 0.500. The molecule has 4 heteroatoms. The van der Waals surface area contributed by atoms with E-state index in [-0.39, 0.29) is 5.82 Å². The van der Waals surface area contributed by atoms with E-state index in [2.05, 4.69) is 15.9 Å². The summed E-state index contributed by atoms with van der Waals surface area (Å²) < 4.78 is 24.3. The molecule has 1 aliphatic heterocycles. The maximum atomic E-state index is 13.0. The number of ether oxygens (including phenoxy) is 2. The normalized spacial score (nSPS) is 20.2. The van der Waals surface area contributed by atoms with Crippen LogP contribution in [0.3, 0.4) is 0 Å². The monoisotopic (exact) mass is 288 g/mol. The molecule has 1 aromatic rings. The third-order valence-corrected chi connectivity index (χ3v) is 3.24. The zero-order chi connectivity index (χ0) is 11.4. The lowest BCUT2D eigenvalue weighted by atomic mass is 10.1. The first-order chi connectivity index (χ1) is 7.75. The van der Waals surface area contributed by atoms with Gasteiger partial charge in [-0.3, -0.25) is 0 Å². The highest BCUT2D eigenvalue weighted by molar-refractivity contribution is 9.10. The van der Waals surface area contributed by atoms with Crippen LogP contribution in [-0.2, 0) is 16.1 Å². The molecule has 0 radical (unpaired) electrons. The van der Waals surface area contributed by atoms with Crippen molar-refractivity contribution in [3.8, 4) is 0 Å². The first kappa shape index (κ1) is 12.0. The average molecular weight is 289 g/mol. The third kappa shape index (κ3) is 3.27. The predicted molar refractivity (Wildman–Crippen MR) is 62.7 cm³/mol. The molecule has 1 atom stereocenters. The molecule has 0 aromatic heterocycles. The van der Waals surface area contributed by atoms with Crippen molar-refractivity contribution in [3.05, 3.63) is 34.1 Å². The number of rotatable bonds is 4. The van der Waals surface area contributed by atoms with E-state index in [0.717, 1.165) is 31.8 Å². The van der Waals surface area contributed by atoms with E-state index in [9.17, 15) is 4.39 Å². The number of benzene rings is 1. The smallest absolute Gasteiger partial charge is 0.137 e. The van der Waals surface area contributed by atoms with Crippen LogP contribution in [0.15, 0.2) is 22.7 Å². The molecule has 1 unspecified atom stereocenters. The molecule has 2 rings (SSSR count). The Morgan fingerprint density at radius 3 is 3.06 bits per heavy atom. The fourth-order valence-corrected chi connectivity index (χ4v) is 2.11. The molecule has 1 aromatic carbocycles. The van der Waals surface area contributed by atoms with E-state index >= 15 is 0 Å². The Hall–Kier alpha value is -0.450. The van der Waals surface area contributed by atoms with Crippen LogP contribution in [0.2, 0.25) is 0 Å². The van der Waals surface area contributed by atoms with Crippen molar-refractivity contribution in [2.45, 2.75) is 13.0 Å². The molecule has 88 valence electrons. The van der Waals surface area contributed by atoms with Crippen molar-refractivity contribution in [1.82, 2.24) is 0 Å². The predicted octanol–water partition coefficient (Wildman–Crippen LogP) is 3.14. The van der Waals surface area contributed by atoms with E-state index < -0.39 is 0 Å². The Bertz CT molecular complexity index is 351. The van der Waals surface area contributed by atoms with Gasteiger partial charge in [-0.2, -0.15) is 0 Å². The van der Waals surface area contributed by atoms with Crippen LogP contribution in [0.1, 0.15) is 12.0 Å². The summed E-state index contributed by atoms with van der Waals surface area (Å²) in [5.74, 6) is 0.275. The van der Waals surface area contributed by atoms with Crippen molar-refractivity contribution >= 4 is 15.9 Å². The summed E-state index contributed by atoms with van der Waals surface area (Å²) in [7, 11) is 0. The fourth-order valence-electron chi connectivity index (χ4n) is 1.69. The van der Waals surface area contributed by atoms with Crippen molar-refractivity contribution in [3.63, 3.8) is 0 Å². The van der Waals surface area contributed by atoms with Crippen LogP contribution in [0.5, 0.6) is 0 Å². The molecule has 0 aliphatic carbocycles. The molecule has 1 heterocycles. The highest BCUT2D eigenvalue weighted by atomic mass is 79.9. The van der Waals surface area contributed by atoms with Gasteiger partial charge in [0.15, 0.2) is 0 Å².